The number of hydrogen-bond donors (Lipinski definition) is 1. The SMILES string of the molecule is C[C@H](Sc1ccc2c(c1)OCCCO2)C(=O)NC1CCCCC1. The third-order valence-electron chi connectivity index (χ3n) is 4.35. The topological polar surface area (TPSA) is 47.6 Å². The van der Waals surface area contributed by atoms with Crippen molar-refractivity contribution < 1.29 is 14.3 Å². The number of carbonyl (C=O) groups excluding carboxylic acids is 1. The lowest BCUT2D eigenvalue weighted by Gasteiger charge is -2.24. The molecule has 1 amide bonds. The second-order valence-electron chi connectivity index (χ2n) is 6.26. The largest absolute Gasteiger partial charge is 0.490 e. The quantitative estimate of drug-likeness (QED) is 0.851. The molecule has 5 heteroatoms. The number of thioether (sulfide) groups is 1. The lowest BCUT2D eigenvalue weighted by molar-refractivity contribution is -0.121. The first-order chi connectivity index (χ1) is 11.2. The predicted octanol–water partition coefficient (Wildman–Crippen LogP) is 3.78. The van der Waals surface area contributed by atoms with Gasteiger partial charge in [0.1, 0.15) is 0 Å². The summed E-state index contributed by atoms with van der Waals surface area (Å²) in [4.78, 5) is 13.4. The summed E-state index contributed by atoms with van der Waals surface area (Å²) in [6.07, 6.45) is 6.90. The zero-order chi connectivity index (χ0) is 16.1. The summed E-state index contributed by atoms with van der Waals surface area (Å²) < 4.78 is 11.4. The fourth-order valence-corrected chi connectivity index (χ4v) is 3.95. The molecule has 1 aromatic rings. The number of fused-ring (bicyclic) bond motifs is 1. The summed E-state index contributed by atoms with van der Waals surface area (Å²) in [6.45, 7) is 3.34. The summed E-state index contributed by atoms with van der Waals surface area (Å²) in [6, 6.07) is 6.29. The molecule has 0 spiro atoms. The molecule has 0 aromatic heterocycles. The van der Waals surface area contributed by atoms with E-state index in [1.54, 1.807) is 11.8 Å². The first-order valence-corrected chi connectivity index (χ1v) is 9.47. The minimum atomic E-state index is -0.110. The molecule has 4 nitrogen and oxygen atoms in total. The van der Waals surface area contributed by atoms with E-state index in [4.69, 9.17) is 9.47 Å². The summed E-state index contributed by atoms with van der Waals surface area (Å²) in [7, 11) is 0. The third kappa shape index (κ3) is 4.56. The molecule has 1 saturated carbocycles. The van der Waals surface area contributed by atoms with Crippen molar-refractivity contribution in [1.29, 1.82) is 0 Å². The van der Waals surface area contributed by atoms with Crippen LogP contribution in [0.4, 0.5) is 0 Å². The van der Waals surface area contributed by atoms with Crippen molar-refractivity contribution in [2.45, 2.75) is 61.6 Å². The van der Waals surface area contributed by atoms with Crippen LogP contribution in [0.15, 0.2) is 23.1 Å². The normalized spacial score (nSPS) is 19.7. The predicted molar refractivity (Wildman–Crippen MR) is 92.4 cm³/mol. The lowest BCUT2D eigenvalue weighted by atomic mass is 9.95. The van der Waals surface area contributed by atoms with Crippen molar-refractivity contribution in [3.8, 4) is 11.5 Å². The Morgan fingerprint density at radius 3 is 2.65 bits per heavy atom. The summed E-state index contributed by atoms with van der Waals surface area (Å²) in [5, 5.41) is 3.09. The van der Waals surface area contributed by atoms with Crippen molar-refractivity contribution >= 4 is 17.7 Å². The molecule has 1 aliphatic heterocycles. The molecule has 2 aliphatic rings. The van der Waals surface area contributed by atoms with Crippen LogP contribution in [0, 0.1) is 0 Å². The highest BCUT2D eigenvalue weighted by atomic mass is 32.2. The van der Waals surface area contributed by atoms with Crippen molar-refractivity contribution in [3.63, 3.8) is 0 Å². The standard InChI is InChI=1S/C18H25NO3S/c1-13(18(20)19-14-6-3-2-4-7-14)23-15-8-9-16-17(12-15)22-11-5-10-21-16/h8-9,12-14H,2-7,10-11H2,1H3,(H,19,20)/t13-/m0/s1. The molecule has 23 heavy (non-hydrogen) atoms. The highest BCUT2D eigenvalue weighted by Crippen LogP contribution is 2.35. The Morgan fingerprint density at radius 1 is 1.13 bits per heavy atom. The van der Waals surface area contributed by atoms with E-state index in [-0.39, 0.29) is 11.2 Å². The zero-order valence-electron chi connectivity index (χ0n) is 13.7. The van der Waals surface area contributed by atoms with E-state index in [1.165, 1.54) is 19.3 Å². The van der Waals surface area contributed by atoms with Crippen LogP contribution in [0.25, 0.3) is 0 Å². The summed E-state index contributed by atoms with van der Waals surface area (Å²) in [5.74, 6) is 1.72. The van der Waals surface area contributed by atoms with Gasteiger partial charge in [-0.15, -0.1) is 11.8 Å². The second kappa shape index (κ2) is 7.95. The van der Waals surface area contributed by atoms with Crippen LogP contribution < -0.4 is 14.8 Å². The Hall–Kier alpha value is -1.36. The molecule has 0 saturated heterocycles. The number of ether oxygens (including phenoxy) is 2. The minimum absolute atomic E-state index is 0.110. The highest BCUT2D eigenvalue weighted by Gasteiger charge is 2.21. The van der Waals surface area contributed by atoms with Crippen molar-refractivity contribution in [2.75, 3.05) is 13.2 Å². The van der Waals surface area contributed by atoms with Gasteiger partial charge in [-0.1, -0.05) is 19.3 Å². The maximum absolute atomic E-state index is 12.4. The molecule has 3 rings (SSSR count). The van der Waals surface area contributed by atoms with E-state index in [1.807, 2.05) is 25.1 Å². The van der Waals surface area contributed by atoms with Crippen LogP contribution in [0.3, 0.4) is 0 Å². The Labute approximate surface area is 142 Å². The molecule has 1 N–H and O–H groups in total. The monoisotopic (exact) mass is 335 g/mol. The Balaban J connectivity index is 1.57. The van der Waals surface area contributed by atoms with Crippen LogP contribution in [0.5, 0.6) is 11.5 Å². The van der Waals surface area contributed by atoms with Gasteiger partial charge in [-0.3, -0.25) is 4.79 Å². The van der Waals surface area contributed by atoms with Gasteiger partial charge in [-0.2, -0.15) is 0 Å². The van der Waals surface area contributed by atoms with Gasteiger partial charge >= 0.3 is 0 Å². The maximum atomic E-state index is 12.4. The van der Waals surface area contributed by atoms with E-state index in [9.17, 15) is 4.79 Å². The number of carbonyl (C=O) groups is 1. The van der Waals surface area contributed by atoms with Gasteiger partial charge in [-0.25, -0.2) is 0 Å². The molecule has 0 bridgehead atoms. The Morgan fingerprint density at radius 2 is 1.87 bits per heavy atom. The van der Waals surface area contributed by atoms with Crippen LogP contribution in [0.1, 0.15) is 45.4 Å². The van der Waals surface area contributed by atoms with Gasteiger partial charge in [0.15, 0.2) is 11.5 Å². The molecule has 0 unspecified atom stereocenters. The molecule has 1 atom stereocenters. The molecule has 1 heterocycles. The first kappa shape index (κ1) is 16.5. The van der Waals surface area contributed by atoms with Crippen molar-refractivity contribution in [3.05, 3.63) is 18.2 Å². The average Bonchev–Trinajstić information content (AvgIpc) is 2.80. The summed E-state index contributed by atoms with van der Waals surface area (Å²) in [5.41, 5.74) is 0. The van der Waals surface area contributed by atoms with Crippen molar-refractivity contribution in [1.82, 2.24) is 5.32 Å². The fourth-order valence-electron chi connectivity index (χ4n) is 3.04. The number of nitrogens with one attached hydrogen (secondary N) is 1. The Kier molecular flexibility index (Phi) is 5.70. The van der Waals surface area contributed by atoms with Gasteiger partial charge in [0, 0.05) is 17.4 Å². The van der Waals surface area contributed by atoms with E-state index < -0.39 is 0 Å². The van der Waals surface area contributed by atoms with Crippen LogP contribution in [-0.4, -0.2) is 30.4 Å². The van der Waals surface area contributed by atoms with Gasteiger partial charge < -0.3 is 14.8 Å². The van der Waals surface area contributed by atoms with E-state index in [2.05, 4.69) is 5.32 Å². The second-order valence-corrected chi connectivity index (χ2v) is 7.68. The van der Waals surface area contributed by atoms with Crippen LogP contribution in [0.2, 0.25) is 0 Å². The molecule has 0 radical (unpaired) electrons. The fraction of sp³-hybridized carbons (Fsp3) is 0.611. The van der Waals surface area contributed by atoms with Crippen LogP contribution >= 0.6 is 11.8 Å². The maximum Gasteiger partial charge on any atom is 0.233 e. The van der Waals surface area contributed by atoms with Gasteiger partial charge in [0.05, 0.1) is 18.5 Å². The highest BCUT2D eigenvalue weighted by molar-refractivity contribution is 8.00. The van der Waals surface area contributed by atoms with E-state index >= 15 is 0 Å². The van der Waals surface area contributed by atoms with Gasteiger partial charge in [-0.05, 0) is 38.0 Å². The lowest BCUT2D eigenvalue weighted by Crippen LogP contribution is -2.40. The number of amides is 1. The average molecular weight is 335 g/mol. The smallest absolute Gasteiger partial charge is 0.233 e. The molecule has 1 aromatic carbocycles. The number of hydrogen-bond acceptors (Lipinski definition) is 4. The minimum Gasteiger partial charge on any atom is -0.490 e. The summed E-state index contributed by atoms with van der Waals surface area (Å²) >= 11 is 1.57. The van der Waals surface area contributed by atoms with E-state index in [0.29, 0.717) is 19.3 Å². The third-order valence-corrected chi connectivity index (χ3v) is 5.45. The number of rotatable bonds is 4. The molecule has 1 fully saturated rings. The molecular formula is C18H25NO3S. The van der Waals surface area contributed by atoms with Crippen molar-refractivity contribution in [2.24, 2.45) is 0 Å². The first-order valence-electron chi connectivity index (χ1n) is 8.59. The van der Waals surface area contributed by atoms with Crippen LogP contribution in [-0.2, 0) is 4.79 Å². The van der Waals surface area contributed by atoms with Gasteiger partial charge in [0.25, 0.3) is 0 Å². The zero-order valence-corrected chi connectivity index (χ0v) is 14.5. The van der Waals surface area contributed by atoms with E-state index in [0.717, 1.165) is 35.7 Å². The Bertz CT molecular complexity index is 543. The molecule has 126 valence electrons. The van der Waals surface area contributed by atoms with Gasteiger partial charge in [0.2, 0.25) is 5.91 Å². The molecular weight excluding hydrogens is 310 g/mol. The number of benzene rings is 1. The molecule has 1 aliphatic carbocycles.